The van der Waals surface area contributed by atoms with Gasteiger partial charge in [-0.2, -0.15) is 0 Å². The van der Waals surface area contributed by atoms with E-state index in [1.807, 2.05) is 0 Å². The van der Waals surface area contributed by atoms with Gasteiger partial charge in [0.1, 0.15) is 24.7 Å². The predicted molar refractivity (Wildman–Crippen MR) is 149 cm³/mol. The van der Waals surface area contributed by atoms with Gasteiger partial charge in [-0.25, -0.2) is 0 Å². The maximum atomic E-state index is 9.95. The summed E-state index contributed by atoms with van der Waals surface area (Å²) >= 11 is 0. The number of rotatable bonds is 8. The van der Waals surface area contributed by atoms with Crippen LogP contribution in [0.5, 0.6) is 11.5 Å². The molecule has 0 amide bonds. The van der Waals surface area contributed by atoms with Crippen LogP contribution in [0.15, 0.2) is 24.3 Å². The van der Waals surface area contributed by atoms with Crippen molar-refractivity contribution in [3.63, 3.8) is 0 Å². The molecule has 0 heterocycles. The number of fused-ring (bicyclic) bond motifs is 1. The lowest BCUT2D eigenvalue weighted by Gasteiger charge is -2.59. The second-order valence-electron chi connectivity index (χ2n) is 14.6. The lowest BCUT2D eigenvalue weighted by atomic mass is 9.46. The second kappa shape index (κ2) is 8.86. The minimum Gasteiger partial charge on any atom is -0.491 e. The van der Waals surface area contributed by atoms with E-state index in [9.17, 15) is 10.2 Å². The van der Waals surface area contributed by atoms with Crippen molar-refractivity contribution in [3.05, 3.63) is 35.4 Å². The molecule has 0 unspecified atom stereocenters. The van der Waals surface area contributed by atoms with E-state index >= 15 is 0 Å². The molecule has 204 valence electrons. The van der Waals surface area contributed by atoms with Crippen LogP contribution in [0.3, 0.4) is 0 Å². The molecule has 4 heteroatoms. The summed E-state index contributed by atoms with van der Waals surface area (Å²) in [5, 5.41) is 21.9. The van der Waals surface area contributed by atoms with Gasteiger partial charge in [-0.3, -0.25) is 0 Å². The Kier molecular flexibility index (Phi) is 5.61. The Balaban J connectivity index is 1.36. The van der Waals surface area contributed by atoms with Crippen LogP contribution in [0, 0.1) is 35.5 Å². The third-order valence-corrected chi connectivity index (χ3v) is 11.9. The lowest BCUT2D eigenvalue weighted by Crippen LogP contribution is -2.50. The average Bonchev–Trinajstić information content (AvgIpc) is 2.88. The number of hydrogen-bond donors (Lipinski definition) is 2. The Hall–Kier alpha value is -1.78. The van der Waals surface area contributed by atoms with E-state index in [2.05, 4.69) is 24.3 Å². The highest BCUT2D eigenvalue weighted by Crippen LogP contribution is 2.66. The normalized spacial score (nSPS) is 40.3. The van der Waals surface area contributed by atoms with E-state index in [0.29, 0.717) is 13.2 Å². The third-order valence-electron chi connectivity index (χ3n) is 11.9. The van der Waals surface area contributed by atoms with E-state index in [-0.39, 0.29) is 24.0 Å². The molecule has 0 aliphatic heterocycles. The topological polar surface area (TPSA) is 58.9 Å². The van der Waals surface area contributed by atoms with Crippen molar-refractivity contribution < 1.29 is 19.7 Å². The first-order valence-electron chi connectivity index (χ1n) is 15.7. The molecule has 2 aromatic carbocycles. The average molecular weight is 517 g/mol. The quantitative estimate of drug-likeness (QED) is 0.420. The number of aliphatic hydroxyl groups excluding tert-OH is 2. The molecule has 0 aromatic heterocycles. The summed E-state index contributed by atoms with van der Waals surface area (Å²) in [6, 6.07) is 9.09. The zero-order valence-electron chi connectivity index (χ0n) is 22.8. The standard InChI is InChI=1S/C34H44O4/c35-3-5-37-28-1-2-29-27(13-28)14-30(33-15-21-7-22(16-33)9-23(8-21)17-33)32(38-6-4-36)31(29)34-18-24-10-25(19-34)12-26(11-24)20-34/h1-2,13-14,21-26,35-36H,3-12,15-20H2. The maximum Gasteiger partial charge on any atom is 0.127 e. The Labute approximate surface area is 227 Å². The van der Waals surface area contributed by atoms with E-state index in [1.54, 1.807) is 0 Å². The molecule has 8 aliphatic carbocycles. The maximum absolute atomic E-state index is 9.95. The smallest absolute Gasteiger partial charge is 0.127 e. The second-order valence-corrected chi connectivity index (χ2v) is 14.6. The summed E-state index contributed by atoms with van der Waals surface area (Å²) in [5.41, 5.74) is 3.36. The summed E-state index contributed by atoms with van der Waals surface area (Å²) in [5.74, 6) is 7.19. The lowest BCUT2D eigenvalue weighted by molar-refractivity contribution is -0.0105. The summed E-state index contributed by atoms with van der Waals surface area (Å²) in [6.45, 7) is 0.796. The molecule has 0 atom stereocenters. The molecule has 0 saturated heterocycles. The van der Waals surface area contributed by atoms with E-state index < -0.39 is 0 Å². The molecule has 8 bridgehead atoms. The molecule has 0 radical (unpaired) electrons. The highest BCUT2D eigenvalue weighted by molar-refractivity contribution is 5.92. The zero-order chi connectivity index (χ0) is 25.5. The van der Waals surface area contributed by atoms with Gasteiger partial charge in [-0.05, 0) is 147 Å². The van der Waals surface area contributed by atoms with Crippen molar-refractivity contribution >= 4 is 10.8 Å². The van der Waals surface area contributed by atoms with Gasteiger partial charge < -0.3 is 19.7 Å². The van der Waals surface area contributed by atoms with Crippen molar-refractivity contribution in [2.24, 2.45) is 35.5 Å². The largest absolute Gasteiger partial charge is 0.491 e. The highest BCUT2D eigenvalue weighted by Gasteiger charge is 2.56. The fourth-order valence-electron chi connectivity index (χ4n) is 11.7. The summed E-state index contributed by atoms with van der Waals surface area (Å²) in [4.78, 5) is 0. The van der Waals surface area contributed by atoms with Gasteiger partial charge in [-0.15, -0.1) is 0 Å². The summed E-state index contributed by atoms with van der Waals surface area (Å²) < 4.78 is 12.7. The van der Waals surface area contributed by atoms with Gasteiger partial charge in [0.15, 0.2) is 0 Å². The molecular formula is C34H44O4. The Bertz CT molecular complexity index is 1160. The van der Waals surface area contributed by atoms with Crippen LogP contribution < -0.4 is 9.47 Å². The van der Waals surface area contributed by atoms with Crippen LogP contribution >= 0.6 is 0 Å². The SMILES string of the molecule is OCCOc1ccc2c(C34CC5CC(CC(C5)C3)C4)c(OCCO)c(C34CC5CC(CC(C5)C3)C4)cc2c1. The summed E-state index contributed by atoms with van der Waals surface area (Å²) in [7, 11) is 0. The molecule has 2 aromatic rings. The van der Waals surface area contributed by atoms with E-state index in [1.165, 1.54) is 105 Å². The fraction of sp³-hybridized carbons (Fsp3) is 0.706. The number of ether oxygens (including phenoxy) is 2. The van der Waals surface area contributed by atoms with Crippen LogP contribution in [-0.2, 0) is 10.8 Å². The predicted octanol–water partition coefficient (Wildman–Crippen LogP) is 6.52. The van der Waals surface area contributed by atoms with Crippen molar-refractivity contribution in [2.45, 2.75) is 87.9 Å². The van der Waals surface area contributed by atoms with E-state index in [4.69, 9.17) is 9.47 Å². The van der Waals surface area contributed by atoms with Crippen molar-refractivity contribution in [1.82, 2.24) is 0 Å². The minimum absolute atomic E-state index is 0.0308. The van der Waals surface area contributed by atoms with Crippen molar-refractivity contribution in [3.8, 4) is 11.5 Å². The molecule has 8 fully saturated rings. The third kappa shape index (κ3) is 3.69. The van der Waals surface area contributed by atoms with Gasteiger partial charge in [0, 0.05) is 16.5 Å². The van der Waals surface area contributed by atoms with Gasteiger partial charge >= 0.3 is 0 Å². The van der Waals surface area contributed by atoms with Crippen LogP contribution in [0.1, 0.15) is 88.2 Å². The number of aliphatic hydroxyl groups is 2. The number of benzene rings is 2. The van der Waals surface area contributed by atoms with Crippen LogP contribution in [-0.4, -0.2) is 36.6 Å². The molecule has 0 spiro atoms. The highest BCUT2D eigenvalue weighted by atomic mass is 16.5. The first-order valence-corrected chi connectivity index (χ1v) is 15.7. The zero-order valence-corrected chi connectivity index (χ0v) is 22.8. The molecule has 2 N–H and O–H groups in total. The fourth-order valence-corrected chi connectivity index (χ4v) is 11.7. The monoisotopic (exact) mass is 516 g/mol. The van der Waals surface area contributed by atoms with Gasteiger partial charge in [0.2, 0.25) is 0 Å². The van der Waals surface area contributed by atoms with Crippen LogP contribution in [0.25, 0.3) is 10.8 Å². The Morgan fingerprint density at radius 1 is 0.632 bits per heavy atom. The summed E-state index contributed by atoms with van der Waals surface area (Å²) in [6.07, 6.45) is 16.4. The van der Waals surface area contributed by atoms with Gasteiger partial charge in [0.25, 0.3) is 0 Å². The molecule has 4 nitrogen and oxygen atoms in total. The number of hydrogen-bond acceptors (Lipinski definition) is 4. The molecule has 10 rings (SSSR count). The Morgan fingerprint density at radius 2 is 1.13 bits per heavy atom. The first-order chi connectivity index (χ1) is 18.6. The molecule has 38 heavy (non-hydrogen) atoms. The molecule has 8 aliphatic rings. The first kappa shape index (κ1) is 24.1. The van der Waals surface area contributed by atoms with E-state index in [0.717, 1.165) is 41.3 Å². The Morgan fingerprint density at radius 3 is 1.66 bits per heavy atom. The molecular weight excluding hydrogens is 472 g/mol. The van der Waals surface area contributed by atoms with Gasteiger partial charge in [0.05, 0.1) is 13.2 Å². The van der Waals surface area contributed by atoms with Crippen LogP contribution in [0.2, 0.25) is 0 Å². The minimum atomic E-state index is 0.0308. The molecule has 8 saturated carbocycles. The van der Waals surface area contributed by atoms with Crippen LogP contribution in [0.4, 0.5) is 0 Å². The van der Waals surface area contributed by atoms with Crippen molar-refractivity contribution in [2.75, 3.05) is 26.4 Å². The van der Waals surface area contributed by atoms with Crippen molar-refractivity contribution in [1.29, 1.82) is 0 Å². The van der Waals surface area contributed by atoms with Gasteiger partial charge in [-0.1, -0.05) is 6.07 Å².